The Morgan fingerprint density at radius 3 is 2.90 bits per heavy atom. The molecule has 0 aromatic carbocycles. The Morgan fingerprint density at radius 2 is 2.25 bits per heavy atom. The van der Waals surface area contributed by atoms with Crippen LogP contribution in [0.15, 0.2) is 34.9 Å². The number of amidine groups is 1. The molecule has 6 heteroatoms. The van der Waals surface area contributed by atoms with Gasteiger partial charge in [0.2, 0.25) is 5.82 Å². The highest BCUT2D eigenvalue weighted by molar-refractivity contribution is 7.14. The van der Waals surface area contributed by atoms with Crippen molar-refractivity contribution in [1.82, 2.24) is 15.3 Å². The number of thiophene rings is 1. The van der Waals surface area contributed by atoms with Crippen LogP contribution < -0.4 is 11.1 Å². The zero-order chi connectivity index (χ0) is 14.2. The monoisotopic (exact) mass is 285 g/mol. The largest absolute Gasteiger partial charge is 0.390 e. The van der Waals surface area contributed by atoms with Crippen molar-refractivity contribution in [2.45, 2.75) is 6.42 Å². The first-order valence-electron chi connectivity index (χ1n) is 6.11. The van der Waals surface area contributed by atoms with Gasteiger partial charge in [-0.3, -0.25) is 4.99 Å². The number of hydrogen-bond acceptors (Lipinski definition) is 5. The highest BCUT2D eigenvalue weighted by Crippen LogP contribution is 2.18. The summed E-state index contributed by atoms with van der Waals surface area (Å²) in [5, 5.41) is 5.95. The number of rotatable bonds is 3. The normalized spacial score (nSPS) is 10.8. The number of nitrogens with one attached hydrogen (secondary N) is 1. The molecule has 0 saturated heterocycles. The Morgan fingerprint density at radius 1 is 1.45 bits per heavy atom. The lowest BCUT2D eigenvalue weighted by Crippen LogP contribution is -2.25. The molecule has 0 bridgehead atoms. The molecule has 0 saturated carbocycles. The van der Waals surface area contributed by atoms with Crippen LogP contribution in [0.25, 0.3) is 0 Å². The van der Waals surface area contributed by atoms with E-state index < -0.39 is 0 Å². The first kappa shape index (κ1) is 14.0. The number of aromatic nitrogens is 2. The van der Waals surface area contributed by atoms with Gasteiger partial charge in [-0.15, -0.1) is 11.3 Å². The van der Waals surface area contributed by atoms with Crippen LogP contribution in [0.2, 0.25) is 0 Å². The molecule has 20 heavy (non-hydrogen) atoms. The fourth-order valence-electron chi connectivity index (χ4n) is 1.56. The Hall–Kier alpha value is -2.39. The van der Waals surface area contributed by atoms with E-state index in [0.717, 1.165) is 16.4 Å². The lowest BCUT2D eigenvalue weighted by Gasteiger charge is -2.06. The van der Waals surface area contributed by atoms with Gasteiger partial charge in [0.15, 0.2) is 0 Å². The molecule has 0 aliphatic heterocycles. The molecule has 0 aliphatic rings. The van der Waals surface area contributed by atoms with Crippen molar-refractivity contribution >= 4 is 22.2 Å². The molecule has 0 atom stereocenters. The molecule has 3 N–H and O–H groups in total. The van der Waals surface area contributed by atoms with E-state index in [4.69, 9.17) is 5.73 Å². The topological polar surface area (TPSA) is 76.2 Å². The number of nitrogens with zero attached hydrogens (tertiary/aromatic N) is 3. The first-order chi connectivity index (χ1) is 9.81. The summed E-state index contributed by atoms with van der Waals surface area (Å²) in [5.41, 5.74) is 6.82. The van der Waals surface area contributed by atoms with Gasteiger partial charge in [-0.05, 0) is 23.4 Å². The number of aliphatic imine (C=N–C) groups is 1. The van der Waals surface area contributed by atoms with Crippen LogP contribution in [0, 0.1) is 11.8 Å². The molecule has 2 rings (SSSR count). The SMILES string of the molecule is CN=C(NCCC#Cc1ncccn1)c1ccsc1N. The summed E-state index contributed by atoms with van der Waals surface area (Å²) in [6.45, 7) is 0.696. The van der Waals surface area contributed by atoms with Gasteiger partial charge >= 0.3 is 0 Å². The Bertz CT molecular complexity index is 636. The number of nitrogens with two attached hydrogens (primary N) is 1. The maximum atomic E-state index is 5.88. The zero-order valence-corrected chi connectivity index (χ0v) is 11.9. The van der Waals surface area contributed by atoms with E-state index in [1.54, 1.807) is 25.5 Å². The number of nitrogen functional groups attached to an aromatic ring is 1. The third-order valence-corrected chi connectivity index (χ3v) is 3.23. The third-order valence-electron chi connectivity index (χ3n) is 2.48. The van der Waals surface area contributed by atoms with Crippen molar-refractivity contribution in [2.75, 3.05) is 19.3 Å². The predicted molar refractivity (Wildman–Crippen MR) is 82.7 cm³/mol. The van der Waals surface area contributed by atoms with Crippen LogP contribution in [0.1, 0.15) is 17.8 Å². The number of hydrogen-bond donors (Lipinski definition) is 2. The summed E-state index contributed by atoms with van der Waals surface area (Å²) in [4.78, 5) is 12.3. The van der Waals surface area contributed by atoms with Crippen LogP contribution in [-0.4, -0.2) is 29.4 Å². The molecular formula is C14H15N5S. The van der Waals surface area contributed by atoms with Gasteiger partial charge in [0.05, 0.1) is 10.6 Å². The van der Waals surface area contributed by atoms with E-state index >= 15 is 0 Å². The molecule has 0 amide bonds. The van der Waals surface area contributed by atoms with Gasteiger partial charge in [0.25, 0.3) is 0 Å². The van der Waals surface area contributed by atoms with Crippen LogP contribution in [0.4, 0.5) is 5.00 Å². The van der Waals surface area contributed by atoms with Crippen molar-refractivity contribution in [3.63, 3.8) is 0 Å². The zero-order valence-electron chi connectivity index (χ0n) is 11.1. The second-order valence-electron chi connectivity index (χ2n) is 3.82. The van der Waals surface area contributed by atoms with Gasteiger partial charge in [-0.25, -0.2) is 9.97 Å². The van der Waals surface area contributed by atoms with Crippen LogP contribution >= 0.6 is 11.3 Å². The van der Waals surface area contributed by atoms with Crippen molar-refractivity contribution in [1.29, 1.82) is 0 Å². The molecule has 0 aliphatic carbocycles. The molecule has 5 nitrogen and oxygen atoms in total. The second kappa shape index (κ2) is 7.26. The van der Waals surface area contributed by atoms with Gasteiger partial charge in [-0.1, -0.05) is 5.92 Å². The van der Waals surface area contributed by atoms with E-state index in [-0.39, 0.29) is 0 Å². The maximum Gasteiger partial charge on any atom is 0.204 e. The smallest absolute Gasteiger partial charge is 0.204 e. The Kier molecular flexibility index (Phi) is 5.09. The quantitative estimate of drug-likeness (QED) is 0.388. The lowest BCUT2D eigenvalue weighted by atomic mass is 10.3. The van der Waals surface area contributed by atoms with E-state index in [2.05, 4.69) is 32.1 Å². The first-order valence-corrected chi connectivity index (χ1v) is 6.99. The lowest BCUT2D eigenvalue weighted by molar-refractivity contribution is 0.902. The summed E-state index contributed by atoms with van der Waals surface area (Å²) >= 11 is 1.50. The van der Waals surface area contributed by atoms with Crippen molar-refractivity contribution in [3.8, 4) is 11.8 Å². The van der Waals surface area contributed by atoms with Gasteiger partial charge in [0, 0.05) is 32.4 Å². The van der Waals surface area contributed by atoms with Crippen LogP contribution in [0.3, 0.4) is 0 Å². The third kappa shape index (κ3) is 3.80. The molecule has 0 unspecified atom stereocenters. The predicted octanol–water partition coefficient (Wildman–Crippen LogP) is 1.53. The molecule has 102 valence electrons. The summed E-state index contributed by atoms with van der Waals surface area (Å²) in [6.07, 6.45) is 4.04. The second-order valence-corrected chi connectivity index (χ2v) is 4.77. The molecule has 2 aromatic rings. The highest BCUT2D eigenvalue weighted by Gasteiger charge is 2.06. The van der Waals surface area contributed by atoms with E-state index in [1.807, 2.05) is 11.4 Å². The maximum absolute atomic E-state index is 5.88. The van der Waals surface area contributed by atoms with Gasteiger partial charge in [-0.2, -0.15) is 0 Å². The molecule has 0 radical (unpaired) electrons. The van der Waals surface area contributed by atoms with Crippen molar-refractivity contribution in [3.05, 3.63) is 41.3 Å². The standard InChI is InChI=1S/C14H15N5S/c1-16-14(11-6-10-20-13(11)15)19-7-3-2-5-12-17-8-4-9-18-12/h4,6,8-10H,3,7,15H2,1H3,(H,16,19). The van der Waals surface area contributed by atoms with Crippen LogP contribution in [0.5, 0.6) is 0 Å². The summed E-state index contributed by atoms with van der Waals surface area (Å²) in [5.74, 6) is 7.26. The molecule has 0 fully saturated rings. The van der Waals surface area contributed by atoms with Crippen molar-refractivity contribution < 1.29 is 0 Å². The molecular weight excluding hydrogens is 270 g/mol. The van der Waals surface area contributed by atoms with Gasteiger partial charge in [0.1, 0.15) is 5.84 Å². The minimum atomic E-state index is 0.541. The molecule has 0 spiro atoms. The summed E-state index contributed by atoms with van der Waals surface area (Å²) < 4.78 is 0. The summed E-state index contributed by atoms with van der Waals surface area (Å²) in [6, 6.07) is 3.72. The van der Waals surface area contributed by atoms with E-state index in [9.17, 15) is 0 Å². The fraction of sp³-hybridized carbons (Fsp3) is 0.214. The minimum absolute atomic E-state index is 0.541. The average molecular weight is 285 g/mol. The van der Waals surface area contributed by atoms with Crippen LogP contribution in [-0.2, 0) is 0 Å². The van der Waals surface area contributed by atoms with Crippen molar-refractivity contribution in [2.24, 2.45) is 4.99 Å². The Balaban J connectivity index is 1.84. The molecule has 2 aromatic heterocycles. The van der Waals surface area contributed by atoms with Gasteiger partial charge < -0.3 is 11.1 Å². The molecule has 2 heterocycles. The Labute approximate surface area is 122 Å². The fourth-order valence-corrected chi connectivity index (χ4v) is 2.20. The minimum Gasteiger partial charge on any atom is -0.390 e. The van der Waals surface area contributed by atoms with E-state index in [1.165, 1.54) is 11.3 Å². The number of anilines is 1. The summed E-state index contributed by atoms with van der Waals surface area (Å²) in [7, 11) is 1.74. The van der Waals surface area contributed by atoms with E-state index in [0.29, 0.717) is 18.8 Å². The highest BCUT2D eigenvalue weighted by atomic mass is 32.1. The average Bonchev–Trinajstić information content (AvgIpc) is 2.90.